The lowest BCUT2D eigenvalue weighted by molar-refractivity contribution is -0.131. The molecule has 0 saturated carbocycles. The number of benzene rings is 3. The number of carboxylic acids is 1. The van der Waals surface area contributed by atoms with E-state index in [2.05, 4.69) is 48.7 Å². The molecule has 1 aromatic heterocycles. The van der Waals surface area contributed by atoms with Crippen LogP contribution in [-0.2, 0) is 4.79 Å². The summed E-state index contributed by atoms with van der Waals surface area (Å²) >= 11 is 0. The fourth-order valence-electron chi connectivity index (χ4n) is 3.58. The van der Waals surface area contributed by atoms with Crippen LogP contribution in [0.4, 0.5) is 0 Å². The van der Waals surface area contributed by atoms with E-state index in [1.807, 2.05) is 42.5 Å². The minimum atomic E-state index is -0.962. The van der Waals surface area contributed by atoms with Gasteiger partial charge in [0.25, 0.3) is 0 Å². The minimum Gasteiger partial charge on any atom is -0.478 e. The van der Waals surface area contributed by atoms with Crippen LogP contribution in [0.15, 0.2) is 78.9 Å². The Morgan fingerprint density at radius 2 is 1.79 bits per heavy atom. The van der Waals surface area contributed by atoms with Gasteiger partial charge in [0.2, 0.25) is 0 Å². The molecule has 4 aromatic rings. The SMILES string of the molecule is Cc1ccc(C(C)n2c(-c3cccc(C=CC(=O)O)c3)nc3ccccc32)cc1. The molecule has 0 aliphatic carbocycles. The van der Waals surface area contributed by atoms with E-state index >= 15 is 0 Å². The van der Waals surface area contributed by atoms with Crippen LogP contribution < -0.4 is 0 Å². The predicted octanol–water partition coefficient (Wildman–Crippen LogP) is 5.72. The first-order chi connectivity index (χ1) is 14.0. The standard InChI is InChI=1S/C25H22N2O2/c1-17-10-13-20(14-11-17)18(2)27-23-9-4-3-8-22(23)26-25(27)21-7-5-6-19(16-21)12-15-24(28)29/h3-16,18H,1-2H3,(H,28,29). The van der Waals surface area contributed by atoms with Crippen molar-refractivity contribution in [2.75, 3.05) is 0 Å². The summed E-state index contributed by atoms with van der Waals surface area (Å²) in [5, 5.41) is 8.92. The van der Waals surface area contributed by atoms with Crippen LogP contribution in [0.1, 0.15) is 29.7 Å². The molecule has 0 spiro atoms. The van der Waals surface area contributed by atoms with Gasteiger partial charge in [-0.2, -0.15) is 0 Å². The van der Waals surface area contributed by atoms with Crippen LogP contribution in [0, 0.1) is 6.92 Å². The van der Waals surface area contributed by atoms with Gasteiger partial charge in [0.15, 0.2) is 0 Å². The third kappa shape index (κ3) is 3.83. The fourth-order valence-corrected chi connectivity index (χ4v) is 3.58. The summed E-state index contributed by atoms with van der Waals surface area (Å²) in [6, 6.07) is 24.6. The number of carbonyl (C=O) groups is 1. The maximum absolute atomic E-state index is 10.9. The Balaban J connectivity index is 1.87. The Hall–Kier alpha value is -3.66. The Morgan fingerprint density at radius 3 is 2.55 bits per heavy atom. The Morgan fingerprint density at radius 1 is 1.03 bits per heavy atom. The molecule has 1 N–H and O–H groups in total. The number of imidazole rings is 1. The zero-order valence-corrected chi connectivity index (χ0v) is 16.4. The summed E-state index contributed by atoms with van der Waals surface area (Å²) in [4.78, 5) is 15.8. The van der Waals surface area contributed by atoms with Crippen LogP contribution in [0.2, 0.25) is 0 Å². The zero-order chi connectivity index (χ0) is 20.4. The first kappa shape index (κ1) is 18.7. The number of fused-ring (bicyclic) bond motifs is 1. The van der Waals surface area contributed by atoms with Crippen LogP contribution in [0.3, 0.4) is 0 Å². The molecule has 0 amide bonds. The number of rotatable bonds is 5. The summed E-state index contributed by atoms with van der Waals surface area (Å²) in [7, 11) is 0. The van der Waals surface area contributed by atoms with E-state index in [0.29, 0.717) is 0 Å². The molecule has 3 aromatic carbocycles. The fraction of sp³-hybridized carbons (Fsp3) is 0.120. The van der Waals surface area contributed by atoms with E-state index in [0.717, 1.165) is 34.1 Å². The van der Waals surface area contributed by atoms with Crippen molar-refractivity contribution >= 4 is 23.1 Å². The molecule has 0 radical (unpaired) electrons. The van der Waals surface area contributed by atoms with Crippen molar-refractivity contribution < 1.29 is 9.90 Å². The third-order valence-electron chi connectivity index (χ3n) is 5.11. The first-order valence-electron chi connectivity index (χ1n) is 9.58. The summed E-state index contributed by atoms with van der Waals surface area (Å²) in [6.07, 6.45) is 2.75. The minimum absolute atomic E-state index is 0.0937. The summed E-state index contributed by atoms with van der Waals surface area (Å²) in [5.41, 5.74) is 6.23. The number of carboxylic acid groups (broad SMARTS) is 1. The Labute approximate surface area is 169 Å². The highest BCUT2D eigenvalue weighted by Crippen LogP contribution is 2.32. The molecule has 0 fully saturated rings. The van der Waals surface area contributed by atoms with E-state index < -0.39 is 5.97 Å². The van der Waals surface area contributed by atoms with Gasteiger partial charge in [-0.3, -0.25) is 0 Å². The van der Waals surface area contributed by atoms with Crippen molar-refractivity contribution in [1.29, 1.82) is 0 Å². The number of hydrogen-bond acceptors (Lipinski definition) is 2. The second kappa shape index (κ2) is 7.76. The number of para-hydroxylation sites is 2. The molecular formula is C25H22N2O2. The number of aromatic nitrogens is 2. The van der Waals surface area contributed by atoms with Gasteiger partial charge in [-0.1, -0.05) is 60.2 Å². The molecule has 0 aliphatic heterocycles. The van der Waals surface area contributed by atoms with E-state index in [1.165, 1.54) is 11.1 Å². The van der Waals surface area contributed by atoms with Crippen LogP contribution in [0.5, 0.6) is 0 Å². The van der Waals surface area contributed by atoms with Gasteiger partial charge in [-0.15, -0.1) is 0 Å². The zero-order valence-electron chi connectivity index (χ0n) is 16.4. The molecule has 0 saturated heterocycles. The first-order valence-corrected chi connectivity index (χ1v) is 9.58. The molecule has 144 valence electrons. The van der Waals surface area contributed by atoms with Crippen LogP contribution >= 0.6 is 0 Å². The van der Waals surface area contributed by atoms with E-state index in [4.69, 9.17) is 10.1 Å². The molecule has 4 nitrogen and oxygen atoms in total. The molecule has 4 heteroatoms. The van der Waals surface area contributed by atoms with Gasteiger partial charge in [0.1, 0.15) is 5.82 Å². The van der Waals surface area contributed by atoms with Crippen LogP contribution in [0.25, 0.3) is 28.5 Å². The number of aliphatic carboxylic acids is 1. The predicted molar refractivity (Wildman–Crippen MR) is 117 cm³/mol. The van der Waals surface area contributed by atoms with Crippen molar-refractivity contribution in [3.05, 3.63) is 95.6 Å². The molecule has 0 bridgehead atoms. The molecule has 4 rings (SSSR count). The van der Waals surface area contributed by atoms with Crippen molar-refractivity contribution in [1.82, 2.24) is 9.55 Å². The van der Waals surface area contributed by atoms with Gasteiger partial charge >= 0.3 is 5.97 Å². The van der Waals surface area contributed by atoms with Gasteiger partial charge in [-0.25, -0.2) is 9.78 Å². The average molecular weight is 382 g/mol. The van der Waals surface area contributed by atoms with E-state index in [9.17, 15) is 4.79 Å². The van der Waals surface area contributed by atoms with Gasteiger partial charge in [0.05, 0.1) is 17.1 Å². The Bertz CT molecular complexity index is 1200. The maximum atomic E-state index is 10.9. The largest absolute Gasteiger partial charge is 0.478 e. The highest BCUT2D eigenvalue weighted by atomic mass is 16.4. The third-order valence-corrected chi connectivity index (χ3v) is 5.11. The highest BCUT2D eigenvalue weighted by molar-refractivity contribution is 5.86. The lowest BCUT2D eigenvalue weighted by Gasteiger charge is -2.19. The van der Waals surface area contributed by atoms with Crippen molar-refractivity contribution in [3.63, 3.8) is 0 Å². The summed E-state index contributed by atoms with van der Waals surface area (Å²) in [5.74, 6) is -0.0968. The van der Waals surface area contributed by atoms with Gasteiger partial charge < -0.3 is 9.67 Å². The summed E-state index contributed by atoms with van der Waals surface area (Å²) in [6.45, 7) is 4.26. The molecule has 0 aliphatic rings. The number of hydrogen-bond donors (Lipinski definition) is 1. The van der Waals surface area contributed by atoms with E-state index in [1.54, 1.807) is 6.08 Å². The lowest BCUT2D eigenvalue weighted by atomic mass is 10.0. The molecule has 1 atom stereocenters. The lowest BCUT2D eigenvalue weighted by Crippen LogP contribution is -2.08. The quantitative estimate of drug-likeness (QED) is 0.449. The second-order valence-corrected chi connectivity index (χ2v) is 7.18. The summed E-state index contributed by atoms with van der Waals surface area (Å²) < 4.78 is 2.25. The molecule has 1 unspecified atom stereocenters. The van der Waals surface area contributed by atoms with Crippen LogP contribution in [-0.4, -0.2) is 20.6 Å². The number of aryl methyl sites for hydroxylation is 1. The van der Waals surface area contributed by atoms with Gasteiger partial charge in [0, 0.05) is 11.6 Å². The molecule has 1 heterocycles. The number of nitrogens with zero attached hydrogens (tertiary/aromatic N) is 2. The smallest absolute Gasteiger partial charge is 0.328 e. The highest BCUT2D eigenvalue weighted by Gasteiger charge is 2.18. The van der Waals surface area contributed by atoms with E-state index in [-0.39, 0.29) is 6.04 Å². The van der Waals surface area contributed by atoms with Crippen molar-refractivity contribution in [2.24, 2.45) is 0 Å². The maximum Gasteiger partial charge on any atom is 0.328 e. The molecular weight excluding hydrogens is 360 g/mol. The monoisotopic (exact) mass is 382 g/mol. The van der Waals surface area contributed by atoms with Gasteiger partial charge in [-0.05, 0) is 49.2 Å². The van der Waals surface area contributed by atoms with Crippen molar-refractivity contribution in [3.8, 4) is 11.4 Å². The topological polar surface area (TPSA) is 55.1 Å². The van der Waals surface area contributed by atoms with Crippen molar-refractivity contribution in [2.45, 2.75) is 19.9 Å². The second-order valence-electron chi connectivity index (χ2n) is 7.18. The normalized spacial score (nSPS) is 12.5. The Kier molecular flexibility index (Phi) is 5.00. The molecule has 29 heavy (non-hydrogen) atoms. The average Bonchev–Trinajstić information content (AvgIpc) is 3.12.